The van der Waals surface area contributed by atoms with Crippen molar-refractivity contribution >= 4 is 17.2 Å². The maximum absolute atomic E-state index is 11.1. The molecular formula is C17H22N2O2S. The van der Waals surface area contributed by atoms with Crippen LogP contribution < -0.4 is 11.1 Å². The van der Waals surface area contributed by atoms with Crippen molar-refractivity contribution in [2.24, 2.45) is 5.73 Å². The van der Waals surface area contributed by atoms with E-state index in [9.17, 15) is 9.90 Å². The van der Waals surface area contributed by atoms with E-state index in [4.69, 9.17) is 5.73 Å². The summed E-state index contributed by atoms with van der Waals surface area (Å²) in [6, 6.07) is 12.0. The van der Waals surface area contributed by atoms with Gasteiger partial charge in [0.15, 0.2) is 0 Å². The van der Waals surface area contributed by atoms with Crippen molar-refractivity contribution < 1.29 is 9.90 Å². The van der Waals surface area contributed by atoms with E-state index in [1.54, 1.807) is 5.38 Å². The molecule has 0 saturated heterocycles. The van der Waals surface area contributed by atoms with Crippen molar-refractivity contribution in [2.75, 3.05) is 6.54 Å². The van der Waals surface area contributed by atoms with E-state index in [1.807, 2.05) is 31.2 Å². The van der Waals surface area contributed by atoms with Gasteiger partial charge in [0, 0.05) is 23.3 Å². The predicted octanol–water partition coefficient (Wildman–Crippen LogP) is 2.49. The number of amides is 1. The highest BCUT2D eigenvalue weighted by atomic mass is 32.1. The first-order valence-corrected chi connectivity index (χ1v) is 8.25. The fourth-order valence-corrected chi connectivity index (χ4v) is 3.29. The zero-order valence-corrected chi connectivity index (χ0v) is 13.5. The smallest absolute Gasteiger partial charge is 0.249 e. The largest absolute Gasteiger partial charge is 0.393 e. The number of nitrogens with two attached hydrogens (primary N) is 1. The monoisotopic (exact) mass is 318 g/mol. The Morgan fingerprint density at radius 2 is 2.09 bits per heavy atom. The van der Waals surface area contributed by atoms with Gasteiger partial charge in [-0.2, -0.15) is 0 Å². The number of carbonyl (C=O) groups excluding carboxylic acids is 1. The van der Waals surface area contributed by atoms with Crippen LogP contribution in [-0.4, -0.2) is 23.7 Å². The standard InChI is InChI=1S/C17H22N2O2S/c1-12(20)7-14(13-5-3-2-4-6-13)9-19-10-16-8-15(11-22-16)17(18)21/h2-6,8,11-12,14,19-20H,7,9-10H2,1H3,(H2,18,21). The molecule has 1 amide bonds. The normalized spacial score (nSPS) is 13.7. The Hall–Kier alpha value is -1.69. The SMILES string of the molecule is CC(O)CC(CNCc1cc(C(N)=O)cs1)c1ccccc1. The molecule has 4 nitrogen and oxygen atoms in total. The molecule has 0 spiro atoms. The van der Waals surface area contributed by atoms with Gasteiger partial charge >= 0.3 is 0 Å². The Morgan fingerprint density at radius 1 is 1.36 bits per heavy atom. The third-order valence-electron chi connectivity index (χ3n) is 3.52. The summed E-state index contributed by atoms with van der Waals surface area (Å²) in [4.78, 5) is 12.2. The molecule has 1 aromatic carbocycles. The van der Waals surface area contributed by atoms with Crippen LogP contribution in [0, 0.1) is 0 Å². The average molecular weight is 318 g/mol. The van der Waals surface area contributed by atoms with Gasteiger partial charge in [0.05, 0.1) is 11.7 Å². The summed E-state index contributed by atoms with van der Waals surface area (Å²) in [6.45, 7) is 3.29. The molecule has 0 aliphatic carbocycles. The van der Waals surface area contributed by atoms with Gasteiger partial charge < -0.3 is 16.2 Å². The quantitative estimate of drug-likeness (QED) is 0.700. The van der Waals surface area contributed by atoms with Crippen molar-refractivity contribution in [1.29, 1.82) is 0 Å². The summed E-state index contributed by atoms with van der Waals surface area (Å²) >= 11 is 1.53. The number of aliphatic hydroxyl groups is 1. The number of rotatable bonds is 8. The number of aliphatic hydroxyl groups excluding tert-OH is 1. The molecule has 4 N–H and O–H groups in total. The summed E-state index contributed by atoms with van der Waals surface area (Å²) in [6.07, 6.45) is 0.378. The lowest BCUT2D eigenvalue weighted by molar-refractivity contribution is 0.100. The van der Waals surface area contributed by atoms with Gasteiger partial charge in [0.25, 0.3) is 0 Å². The summed E-state index contributed by atoms with van der Waals surface area (Å²) in [5.74, 6) is -0.129. The number of carbonyl (C=O) groups is 1. The second kappa shape index (κ2) is 8.08. The first-order valence-electron chi connectivity index (χ1n) is 7.37. The number of hydrogen-bond donors (Lipinski definition) is 3. The van der Waals surface area contributed by atoms with Crippen LogP contribution in [0.1, 0.15) is 40.1 Å². The van der Waals surface area contributed by atoms with Crippen LogP contribution in [0.4, 0.5) is 0 Å². The zero-order valence-electron chi connectivity index (χ0n) is 12.7. The lowest BCUT2D eigenvalue weighted by atomic mass is 9.93. The molecular weight excluding hydrogens is 296 g/mol. The molecule has 0 saturated carbocycles. The molecule has 0 aliphatic rings. The van der Waals surface area contributed by atoms with Crippen LogP contribution in [0.5, 0.6) is 0 Å². The number of benzene rings is 1. The molecule has 2 aromatic rings. The van der Waals surface area contributed by atoms with Crippen LogP contribution in [0.2, 0.25) is 0 Å². The van der Waals surface area contributed by atoms with E-state index < -0.39 is 5.91 Å². The Balaban J connectivity index is 1.92. The first-order chi connectivity index (χ1) is 10.6. The summed E-state index contributed by atoms with van der Waals surface area (Å²) in [7, 11) is 0. The van der Waals surface area contributed by atoms with Crippen LogP contribution in [0.3, 0.4) is 0 Å². The van der Waals surface area contributed by atoms with E-state index in [-0.39, 0.29) is 12.0 Å². The second-order valence-corrected chi connectivity index (χ2v) is 6.48. The van der Waals surface area contributed by atoms with Crippen LogP contribution in [0.15, 0.2) is 41.8 Å². The molecule has 2 unspecified atom stereocenters. The molecule has 0 aliphatic heterocycles. The van der Waals surface area contributed by atoms with Gasteiger partial charge in [-0.05, 0) is 30.9 Å². The van der Waals surface area contributed by atoms with Crippen LogP contribution in [-0.2, 0) is 6.54 Å². The molecule has 1 heterocycles. The van der Waals surface area contributed by atoms with Gasteiger partial charge in [-0.25, -0.2) is 0 Å². The summed E-state index contributed by atoms with van der Waals surface area (Å²) in [5.41, 5.74) is 7.04. The number of thiophene rings is 1. The first kappa shape index (κ1) is 16.7. The van der Waals surface area contributed by atoms with Gasteiger partial charge in [-0.3, -0.25) is 4.79 Å². The van der Waals surface area contributed by atoms with E-state index >= 15 is 0 Å². The van der Waals surface area contributed by atoms with Gasteiger partial charge in [-0.15, -0.1) is 11.3 Å². The highest BCUT2D eigenvalue weighted by molar-refractivity contribution is 7.10. The molecule has 0 bridgehead atoms. The lowest BCUT2D eigenvalue weighted by Gasteiger charge is -2.19. The Kier molecular flexibility index (Phi) is 6.12. The average Bonchev–Trinajstić information content (AvgIpc) is 2.96. The fraction of sp³-hybridized carbons (Fsp3) is 0.353. The van der Waals surface area contributed by atoms with Crippen molar-refractivity contribution in [3.8, 4) is 0 Å². The van der Waals surface area contributed by atoms with Crippen LogP contribution in [0.25, 0.3) is 0 Å². The van der Waals surface area contributed by atoms with Crippen molar-refractivity contribution in [2.45, 2.75) is 31.9 Å². The highest BCUT2D eigenvalue weighted by Crippen LogP contribution is 2.21. The molecule has 0 fully saturated rings. The minimum absolute atomic E-state index is 0.261. The lowest BCUT2D eigenvalue weighted by Crippen LogP contribution is -2.23. The maximum Gasteiger partial charge on any atom is 0.249 e. The van der Waals surface area contributed by atoms with Gasteiger partial charge in [-0.1, -0.05) is 30.3 Å². The van der Waals surface area contributed by atoms with E-state index in [0.717, 1.165) is 11.4 Å². The second-order valence-electron chi connectivity index (χ2n) is 5.49. The van der Waals surface area contributed by atoms with Gasteiger partial charge in [0.1, 0.15) is 0 Å². The summed E-state index contributed by atoms with van der Waals surface area (Å²) in [5, 5.41) is 14.9. The van der Waals surface area contributed by atoms with E-state index in [0.29, 0.717) is 18.5 Å². The number of nitrogens with one attached hydrogen (secondary N) is 1. The highest BCUT2D eigenvalue weighted by Gasteiger charge is 2.14. The topological polar surface area (TPSA) is 75.3 Å². The van der Waals surface area contributed by atoms with Crippen molar-refractivity contribution in [3.63, 3.8) is 0 Å². The Labute approximate surface area is 135 Å². The zero-order chi connectivity index (χ0) is 15.9. The molecule has 1 aromatic heterocycles. The Morgan fingerprint density at radius 3 is 2.68 bits per heavy atom. The Bertz CT molecular complexity index is 596. The molecule has 2 rings (SSSR count). The minimum atomic E-state index is -0.390. The minimum Gasteiger partial charge on any atom is -0.393 e. The number of primary amides is 1. The molecule has 118 valence electrons. The molecule has 22 heavy (non-hydrogen) atoms. The molecule has 0 radical (unpaired) electrons. The van der Waals surface area contributed by atoms with E-state index in [1.165, 1.54) is 16.9 Å². The molecule has 2 atom stereocenters. The predicted molar refractivity (Wildman–Crippen MR) is 90.0 cm³/mol. The third-order valence-corrected chi connectivity index (χ3v) is 4.46. The van der Waals surface area contributed by atoms with E-state index in [2.05, 4.69) is 17.4 Å². The number of hydrogen-bond acceptors (Lipinski definition) is 4. The third kappa shape index (κ3) is 4.94. The van der Waals surface area contributed by atoms with Crippen molar-refractivity contribution in [3.05, 3.63) is 57.8 Å². The van der Waals surface area contributed by atoms with Crippen molar-refractivity contribution in [1.82, 2.24) is 5.32 Å². The fourth-order valence-electron chi connectivity index (χ4n) is 2.45. The van der Waals surface area contributed by atoms with Crippen LogP contribution >= 0.6 is 11.3 Å². The molecule has 5 heteroatoms. The van der Waals surface area contributed by atoms with Gasteiger partial charge in [0.2, 0.25) is 5.91 Å². The summed E-state index contributed by atoms with van der Waals surface area (Å²) < 4.78 is 0. The maximum atomic E-state index is 11.1.